The number of benzene rings is 1. The number of carbonyl (C=O) groups is 1. The summed E-state index contributed by atoms with van der Waals surface area (Å²) in [5, 5.41) is 6.87. The van der Waals surface area contributed by atoms with E-state index < -0.39 is 23.7 Å². The molecular weight excluding hydrogens is 427 g/mol. The van der Waals surface area contributed by atoms with Crippen LogP contribution in [0.4, 0.5) is 18.3 Å². The van der Waals surface area contributed by atoms with E-state index in [2.05, 4.69) is 48.1 Å². The third-order valence-corrected chi connectivity index (χ3v) is 6.57. The molecule has 0 saturated carbocycles. The van der Waals surface area contributed by atoms with E-state index in [-0.39, 0.29) is 22.3 Å². The number of piperidine rings is 1. The normalized spacial score (nSPS) is 24.4. The fourth-order valence-corrected chi connectivity index (χ4v) is 5.73. The zero-order chi connectivity index (χ0) is 22.6. The summed E-state index contributed by atoms with van der Waals surface area (Å²) in [4.78, 5) is 20.4. The molecule has 2 aliphatic heterocycles. The second-order valence-electron chi connectivity index (χ2n) is 9.63. The molecule has 1 atom stereocenters. The van der Waals surface area contributed by atoms with Crippen LogP contribution in [0.15, 0.2) is 29.4 Å². The van der Waals surface area contributed by atoms with Crippen molar-refractivity contribution in [2.24, 2.45) is 11.0 Å². The lowest BCUT2D eigenvalue weighted by Crippen LogP contribution is -3.08. The molecule has 0 radical (unpaired) electrons. The van der Waals surface area contributed by atoms with Gasteiger partial charge in [-0.05, 0) is 39.8 Å². The fourth-order valence-electron chi connectivity index (χ4n) is 4.81. The lowest BCUT2D eigenvalue weighted by atomic mass is 9.80. The molecule has 166 valence electrons. The molecule has 0 aliphatic carbocycles. The molecule has 31 heavy (non-hydrogen) atoms. The molecule has 1 aromatic carbocycles. The topological polar surface area (TPSA) is 76.1 Å². The number of halogens is 3. The number of quaternary nitrogens is 1. The van der Waals surface area contributed by atoms with Gasteiger partial charge in [-0.1, -0.05) is 23.5 Å². The van der Waals surface area contributed by atoms with Crippen molar-refractivity contribution in [3.8, 4) is 0 Å². The summed E-state index contributed by atoms with van der Waals surface area (Å²) >= 11 is 1.14. The number of para-hydroxylation sites is 1. The quantitative estimate of drug-likeness (QED) is 0.693. The molecule has 1 saturated heterocycles. The van der Waals surface area contributed by atoms with E-state index in [9.17, 15) is 18.0 Å². The Hall–Kier alpha value is -2.33. The minimum atomic E-state index is -4.72. The fraction of sp³-hybridized carbons (Fsp3) is 0.524. The second kappa shape index (κ2) is 7.37. The maximum atomic E-state index is 13.7. The van der Waals surface area contributed by atoms with Crippen LogP contribution in [0.25, 0.3) is 10.2 Å². The largest absolute Gasteiger partial charge is 0.432 e. The summed E-state index contributed by atoms with van der Waals surface area (Å²) in [6, 6.07) is 7.12. The molecule has 1 fully saturated rings. The predicted octanol–water partition coefficient (Wildman–Crippen LogP) is 1.61. The first-order valence-electron chi connectivity index (χ1n) is 10.2. The van der Waals surface area contributed by atoms with Crippen molar-refractivity contribution in [3.63, 3.8) is 0 Å². The molecule has 4 rings (SSSR count). The van der Waals surface area contributed by atoms with Crippen LogP contribution in [-0.4, -0.2) is 46.1 Å². The Morgan fingerprint density at radius 2 is 1.84 bits per heavy atom. The standard InChI is InChI=1S/C21H24F3N5OS/c1-19(2)9-12(10-20(3,4)28-19)25-11-13-16(21(22,23)24)27-29(17(13)30)18-26-14-7-5-6-8-15(14)31-18/h5-8,11-13,28H,9-10H2,1-4H3/p+2/t13-/m1/s1. The number of hydrogen-bond acceptors (Lipinski definition) is 4. The second-order valence-corrected chi connectivity index (χ2v) is 10.6. The zero-order valence-corrected chi connectivity index (χ0v) is 18.6. The number of carbonyl (C=O) groups excluding carboxylic acids is 1. The van der Waals surface area contributed by atoms with Crippen LogP contribution in [0.2, 0.25) is 0 Å². The molecule has 6 nitrogen and oxygen atoms in total. The first-order chi connectivity index (χ1) is 14.3. The monoisotopic (exact) mass is 453 g/mol. The van der Waals surface area contributed by atoms with E-state index in [0.717, 1.165) is 33.9 Å². The lowest BCUT2D eigenvalue weighted by molar-refractivity contribution is -0.798. The zero-order valence-electron chi connectivity index (χ0n) is 17.8. The number of nitrogens with one attached hydrogen (secondary N) is 1. The van der Waals surface area contributed by atoms with E-state index in [1.165, 1.54) is 6.21 Å². The van der Waals surface area contributed by atoms with Gasteiger partial charge in [0.1, 0.15) is 0 Å². The predicted molar refractivity (Wildman–Crippen MR) is 114 cm³/mol. The number of aromatic nitrogens is 1. The highest BCUT2D eigenvalue weighted by Gasteiger charge is 2.52. The number of nitrogens with zero attached hydrogens (tertiary/aromatic N) is 3. The van der Waals surface area contributed by atoms with Crippen LogP contribution in [0.5, 0.6) is 0 Å². The molecule has 0 unspecified atom stereocenters. The molecule has 1 amide bonds. The van der Waals surface area contributed by atoms with Crippen molar-refractivity contribution in [1.82, 2.24) is 4.98 Å². The minimum Gasteiger partial charge on any atom is -0.337 e. The summed E-state index contributed by atoms with van der Waals surface area (Å²) in [7, 11) is 0. The van der Waals surface area contributed by atoms with Crippen LogP contribution in [0.3, 0.4) is 0 Å². The lowest BCUT2D eigenvalue weighted by Gasteiger charge is -2.39. The average Bonchev–Trinajstić information content (AvgIpc) is 3.17. The minimum absolute atomic E-state index is 0.0335. The molecular formula is C21H26F3N5OS+2. The summed E-state index contributed by atoms with van der Waals surface area (Å²) in [6.45, 7) is 8.45. The summed E-state index contributed by atoms with van der Waals surface area (Å²) in [5.41, 5.74) is -0.611. The molecule has 2 aliphatic rings. The van der Waals surface area contributed by atoms with Crippen LogP contribution in [0, 0.1) is 5.92 Å². The van der Waals surface area contributed by atoms with Gasteiger partial charge in [-0.2, -0.15) is 23.3 Å². The summed E-state index contributed by atoms with van der Waals surface area (Å²) in [6.07, 6.45) is -1.91. The van der Waals surface area contributed by atoms with Crippen molar-refractivity contribution in [2.45, 2.75) is 63.8 Å². The Balaban J connectivity index is 1.63. The number of fused-ring (bicyclic) bond motifs is 1. The van der Waals surface area contributed by atoms with E-state index in [1.807, 2.05) is 6.07 Å². The number of alkyl halides is 3. The summed E-state index contributed by atoms with van der Waals surface area (Å²) in [5.74, 6) is -2.26. The highest BCUT2D eigenvalue weighted by atomic mass is 32.1. The first kappa shape index (κ1) is 21.9. The van der Waals surface area contributed by atoms with Gasteiger partial charge in [0.05, 0.1) is 34.1 Å². The third kappa shape index (κ3) is 4.50. The molecule has 10 heteroatoms. The van der Waals surface area contributed by atoms with Gasteiger partial charge in [-0.3, -0.25) is 4.79 Å². The van der Waals surface area contributed by atoms with E-state index in [4.69, 9.17) is 0 Å². The number of hydrogen-bond donors (Lipinski definition) is 2. The van der Waals surface area contributed by atoms with Crippen molar-refractivity contribution in [2.75, 3.05) is 5.01 Å². The smallest absolute Gasteiger partial charge is 0.337 e. The Morgan fingerprint density at radius 3 is 2.45 bits per heavy atom. The van der Waals surface area contributed by atoms with Crippen LogP contribution >= 0.6 is 11.3 Å². The van der Waals surface area contributed by atoms with Crippen molar-refractivity contribution in [3.05, 3.63) is 24.3 Å². The van der Waals surface area contributed by atoms with Gasteiger partial charge in [0.2, 0.25) is 5.13 Å². The highest BCUT2D eigenvalue weighted by molar-refractivity contribution is 7.22. The maximum Gasteiger partial charge on any atom is 0.432 e. The van der Waals surface area contributed by atoms with Gasteiger partial charge < -0.3 is 5.32 Å². The number of anilines is 1. The van der Waals surface area contributed by atoms with Gasteiger partial charge in [-0.25, -0.2) is 9.98 Å². The van der Waals surface area contributed by atoms with Crippen molar-refractivity contribution < 1.29 is 28.3 Å². The van der Waals surface area contributed by atoms with Gasteiger partial charge in [0.25, 0.3) is 5.91 Å². The third-order valence-electron chi connectivity index (χ3n) is 5.56. The van der Waals surface area contributed by atoms with Crippen LogP contribution < -0.4 is 15.3 Å². The van der Waals surface area contributed by atoms with Crippen LogP contribution in [0.1, 0.15) is 40.5 Å². The number of hydrazone groups is 1. The molecule has 1 aromatic heterocycles. The molecule has 3 N–H and O–H groups in total. The first-order valence-corrected chi connectivity index (χ1v) is 11.0. The average molecular weight is 454 g/mol. The molecule has 2 aromatic rings. The van der Waals surface area contributed by atoms with E-state index >= 15 is 0 Å². The van der Waals surface area contributed by atoms with E-state index in [0.29, 0.717) is 5.52 Å². The Labute approximate surface area is 182 Å². The molecule has 0 bridgehead atoms. The molecule has 3 heterocycles. The van der Waals surface area contributed by atoms with Gasteiger partial charge >= 0.3 is 6.18 Å². The van der Waals surface area contributed by atoms with Gasteiger partial charge in [-0.15, -0.1) is 0 Å². The van der Waals surface area contributed by atoms with Crippen LogP contribution in [-0.2, 0) is 4.79 Å². The van der Waals surface area contributed by atoms with Gasteiger partial charge in [0, 0.05) is 0 Å². The number of thiazole rings is 1. The maximum absolute atomic E-state index is 13.7. The van der Waals surface area contributed by atoms with Crippen molar-refractivity contribution in [1.29, 1.82) is 0 Å². The van der Waals surface area contributed by atoms with Gasteiger partial charge in [0.15, 0.2) is 23.9 Å². The van der Waals surface area contributed by atoms with Crippen molar-refractivity contribution >= 4 is 44.5 Å². The molecule has 0 spiro atoms. The number of amides is 1. The highest BCUT2D eigenvalue weighted by Crippen LogP contribution is 2.35. The Kier molecular flexibility index (Phi) is 5.20. The summed E-state index contributed by atoms with van der Waals surface area (Å²) < 4.78 is 41.9. The SMILES string of the molecule is CC1(C)CC([NH+]=C[C@H]2C(=O)N(c3nc4ccccc4s3)N=C2C(F)(F)F)CC(C)(C)[NH2+]1. The number of nitrogens with two attached hydrogens (primary N) is 1. The van der Waals surface area contributed by atoms with E-state index in [1.54, 1.807) is 18.2 Å². The Bertz CT molecular complexity index is 1020. The number of rotatable bonds is 3. The Morgan fingerprint density at radius 1 is 1.19 bits per heavy atom.